The standard InChI is InChI=1S/C4H9NO2/c1-7-3-2-5-4-6/h4H,2-3H2,1H3,(H,5,6)/i4T. The van der Waals surface area contributed by atoms with Crippen LogP contribution in [0.2, 0.25) is 0 Å². The van der Waals surface area contributed by atoms with Crippen LogP contribution in [0.25, 0.3) is 0 Å². The molecule has 0 spiro atoms. The fourth-order valence-electron chi connectivity index (χ4n) is 0.204. The Morgan fingerprint density at radius 3 is 3.29 bits per heavy atom. The molecule has 3 nitrogen and oxygen atoms in total. The summed E-state index contributed by atoms with van der Waals surface area (Å²) in [7, 11) is 1.54. The Hall–Kier alpha value is -0.570. The van der Waals surface area contributed by atoms with Gasteiger partial charge in [-0.05, 0) is 0 Å². The second kappa shape index (κ2) is 5.43. The number of carbonyl (C=O) groups excluding carboxylic acids is 1. The highest BCUT2D eigenvalue weighted by Gasteiger charge is 1.75. The number of rotatable bonds is 3. The zero-order valence-corrected chi connectivity index (χ0v) is 4.23. The van der Waals surface area contributed by atoms with Crippen molar-refractivity contribution in [2.24, 2.45) is 0 Å². The van der Waals surface area contributed by atoms with Gasteiger partial charge in [0.2, 0.25) is 6.39 Å². The van der Waals surface area contributed by atoms with Gasteiger partial charge in [-0.1, -0.05) is 0 Å². The number of methoxy groups -OCH3 is 1. The first-order chi connectivity index (χ1) is 3.77. The number of ether oxygens (including phenoxy) is 1. The van der Waals surface area contributed by atoms with Gasteiger partial charge in [-0.3, -0.25) is 4.79 Å². The predicted molar refractivity (Wildman–Crippen MR) is 25.9 cm³/mol. The molecule has 0 fully saturated rings. The third-order valence-corrected chi connectivity index (χ3v) is 0.503. The first-order valence-electron chi connectivity index (χ1n) is 2.50. The van der Waals surface area contributed by atoms with Gasteiger partial charge in [0.15, 0.2) is 0 Å². The van der Waals surface area contributed by atoms with Crippen LogP contribution in [0.5, 0.6) is 0 Å². The Morgan fingerprint density at radius 2 is 2.86 bits per heavy atom. The summed E-state index contributed by atoms with van der Waals surface area (Å²) in [5, 5.41) is 2.25. The molecule has 0 unspecified atom stereocenters. The number of carbonyl (C=O) groups is 1. The highest BCUT2D eigenvalue weighted by atomic mass is 16.5. The zero-order valence-electron chi connectivity index (χ0n) is 5.23. The second-order valence-corrected chi connectivity index (χ2v) is 1.02. The molecule has 3 heteroatoms. The molecule has 0 radical (unpaired) electrons. The topological polar surface area (TPSA) is 38.3 Å². The van der Waals surface area contributed by atoms with Crippen molar-refractivity contribution in [2.75, 3.05) is 20.3 Å². The molecule has 42 valence electrons. The molecule has 0 atom stereocenters. The Bertz CT molecular complexity index is 76.4. The average Bonchev–Trinajstić information content (AvgIpc) is 1.66. The maximum absolute atomic E-state index is 9.82. The minimum absolute atomic E-state index is 0.416. The molecule has 0 aromatic carbocycles. The zero-order chi connectivity index (χ0) is 6.41. The lowest BCUT2D eigenvalue weighted by molar-refractivity contribution is -0.109. The van der Waals surface area contributed by atoms with Crippen LogP contribution in [0.4, 0.5) is 0 Å². The van der Waals surface area contributed by atoms with E-state index in [4.69, 9.17) is 1.37 Å². The summed E-state index contributed by atoms with van der Waals surface area (Å²) >= 11 is 0. The summed E-state index contributed by atoms with van der Waals surface area (Å²) < 4.78 is 10.9. The number of amides is 1. The Labute approximate surface area is 44.1 Å². The van der Waals surface area contributed by atoms with Crippen LogP contribution in [-0.2, 0) is 9.53 Å². The molecule has 0 saturated carbocycles. The normalized spacial score (nSPS) is 10.1. The van der Waals surface area contributed by atoms with E-state index < -0.39 is 6.39 Å². The van der Waals surface area contributed by atoms with E-state index in [-0.39, 0.29) is 0 Å². The third-order valence-electron chi connectivity index (χ3n) is 0.503. The van der Waals surface area contributed by atoms with Crippen molar-refractivity contribution in [3.8, 4) is 0 Å². The van der Waals surface area contributed by atoms with E-state index >= 15 is 0 Å². The van der Waals surface area contributed by atoms with Crippen molar-refractivity contribution in [3.63, 3.8) is 0 Å². The summed E-state index contributed by atoms with van der Waals surface area (Å²) in [6.07, 6.45) is -0.762. The molecule has 0 aliphatic rings. The SMILES string of the molecule is [3H]C(=O)NCCOC. The van der Waals surface area contributed by atoms with Gasteiger partial charge in [0.25, 0.3) is 0 Å². The second-order valence-electron chi connectivity index (χ2n) is 1.02. The van der Waals surface area contributed by atoms with Crippen molar-refractivity contribution in [1.82, 2.24) is 5.32 Å². The van der Waals surface area contributed by atoms with Crippen molar-refractivity contribution in [2.45, 2.75) is 0 Å². The maximum atomic E-state index is 9.82. The monoisotopic (exact) mass is 105 g/mol. The van der Waals surface area contributed by atoms with Gasteiger partial charge in [0, 0.05) is 13.7 Å². The van der Waals surface area contributed by atoms with E-state index in [1.807, 2.05) is 0 Å². The van der Waals surface area contributed by atoms with Crippen LogP contribution in [0.3, 0.4) is 0 Å². The van der Waals surface area contributed by atoms with Crippen LogP contribution in [0.15, 0.2) is 0 Å². The molecule has 0 aliphatic heterocycles. The molecule has 7 heavy (non-hydrogen) atoms. The van der Waals surface area contributed by atoms with E-state index in [9.17, 15) is 4.79 Å². The van der Waals surface area contributed by atoms with Gasteiger partial charge >= 0.3 is 0 Å². The molecule has 1 amide bonds. The quantitative estimate of drug-likeness (QED) is 0.383. The fraction of sp³-hybridized carbons (Fsp3) is 0.750. The maximum Gasteiger partial charge on any atom is 0.207 e. The highest BCUT2D eigenvalue weighted by Crippen LogP contribution is 1.58. The van der Waals surface area contributed by atoms with Gasteiger partial charge in [0.05, 0.1) is 6.61 Å². The van der Waals surface area contributed by atoms with E-state index in [2.05, 4.69) is 10.1 Å². The Morgan fingerprint density at radius 1 is 2.14 bits per heavy atom. The molecule has 0 bridgehead atoms. The summed E-state index contributed by atoms with van der Waals surface area (Å²) in [6.45, 7) is 0.878. The Balaban J connectivity index is 2.82. The van der Waals surface area contributed by atoms with Crippen molar-refractivity contribution >= 4 is 6.39 Å². The molecular weight excluding hydrogens is 94.0 g/mol. The number of nitrogens with one attached hydrogen (secondary N) is 1. The molecule has 0 rings (SSSR count). The molecule has 0 aliphatic carbocycles. The van der Waals surface area contributed by atoms with Gasteiger partial charge in [-0.15, -0.1) is 0 Å². The van der Waals surface area contributed by atoms with Gasteiger partial charge in [-0.2, -0.15) is 0 Å². The smallest absolute Gasteiger partial charge is 0.207 e. The minimum atomic E-state index is -0.762. The molecule has 1 N–H and O–H groups in total. The van der Waals surface area contributed by atoms with Crippen LogP contribution < -0.4 is 5.32 Å². The molecule has 0 heterocycles. The molecule has 0 saturated heterocycles. The van der Waals surface area contributed by atoms with Crippen molar-refractivity contribution in [3.05, 3.63) is 0 Å². The fourth-order valence-corrected chi connectivity index (χ4v) is 0.204. The highest BCUT2D eigenvalue weighted by molar-refractivity contribution is 5.45. The van der Waals surface area contributed by atoms with Crippen molar-refractivity contribution in [1.29, 1.82) is 0 Å². The van der Waals surface area contributed by atoms with Crippen LogP contribution >= 0.6 is 0 Å². The summed E-state index contributed by atoms with van der Waals surface area (Å²) in [6, 6.07) is 0. The summed E-state index contributed by atoms with van der Waals surface area (Å²) in [4.78, 5) is 9.82. The van der Waals surface area contributed by atoms with E-state index in [0.717, 1.165) is 0 Å². The van der Waals surface area contributed by atoms with Gasteiger partial charge in [0.1, 0.15) is 1.37 Å². The number of hydrogen-bond donors (Lipinski definition) is 1. The summed E-state index contributed by atoms with van der Waals surface area (Å²) in [5.41, 5.74) is 0. The average molecular weight is 105 g/mol. The third kappa shape index (κ3) is 5.43. The van der Waals surface area contributed by atoms with Gasteiger partial charge < -0.3 is 10.1 Å². The van der Waals surface area contributed by atoms with Gasteiger partial charge in [-0.25, -0.2) is 0 Å². The lowest BCUT2D eigenvalue weighted by Gasteiger charge is -1.92. The predicted octanol–water partition coefficient (Wildman–Crippen LogP) is -0.621. The first kappa shape index (κ1) is 4.59. The van der Waals surface area contributed by atoms with Crippen LogP contribution in [-0.4, -0.2) is 26.6 Å². The lowest BCUT2D eigenvalue weighted by Crippen LogP contribution is -2.16. The van der Waals surface area contributed by atoms with Crippen LogP contribution in [0, 0.1) is 0 Å². The van der Waals surface area contributed by atoms with E-state index in [1.165, 1.54) is 7.11 Å². The number of hydrogen-bond acceptors (Lipinski definition) is 2. The first-order valence-corrected chi connectivity index (χ1v) is 2.00. The molecular formula is C4H9NO2. The molecule has 0 aromatic rings. The lowest BCUT2D eigenvalue weighted by atomic mass is 10.7. The largest absolute Gasteiger partial charge is 0.383 e. The van der Waals surface area contributed by atoms with Crippen molar-refractivity contribution < 1.29 is 10.9 Å². The molecule has 0 aromatic heterocycles. The van der Waals surface area contributed by atoms with E-state index in [1.54, 1.807) is 0 Å². The minimum Gasteiger partial charge on any atom is -0.383 e. The van der Waals surface area contributed by atoms with Crippen LogP contribution in [0.1, 0.15) is 1.37 Å². The Kier molecular flexibility index (Phi) is 3.56. The van der Waals surface area contributed by atoms with E-state index in [0.29, 0.717) is 13.2 Å². The summed E-state index contributed by atoms with van der Waals surface area (Å²) in [5.74, 6) is 0.